The number of hydrogen-bond donors (Lipinski definition) is 0. The van der Waals surface area contributed by atoms with E-state index in [1.165, 1.54) is 22.3 Å². The molecule has 0 aliphatic rings. The van der Waals surface area contributed by atoms with Crippen LogP contribution in [0.15, 0.2) is 47.2 Å². The van der Waals surface area contributed by atoms with Gasteiger partial charge in [0.05, 0.1) is 4.88 Å². The summed E-state index contributed by atoms with van der Waals surface area (Å²) in [4.78, 5) is 19.3. The molecule has 3 aromatic rings. The van der Waals surface area contributed by atoms with E-state index in [0.29, 0.717) is 11.3 Å². The number of thiazole rings is 1. The van der Waals surface area contributed by atoms with E-state index >= 15 is 0 Å². The van der Waals surface area contributed by atoms with Crippen LogP contribution in [0, 0.1) is 5.82 Å². The number of rotatable bonds is 4. The molecule has 2 aromatic heterocycles. The lowest BCUT2D eigenvalue weighted by molar-refractivity contribution is 0.0779. The minimum atomic E-state index is -0.306. The zero-order valence-corrected chi connectivity index (χ0v) is 13.5. The molecule has 22 heavy (non-hydrogen) atoms. The molecule has 112 valence electrons. The SMILES string of the molecule is CN(Cc1ccccc1F)C(=O)c1csc(-c2cccs2)n1. The highest BCUT2D eigenvalue weighted by Gasteiger charge is 2.17. The minimum absolute atomic E-state index is 0.206. The molecular weight excluding hydrogens is 319 g/mol. The quantitative estimate of drug-likeness (QED) is 0.714. The van der Waals surface area contributed by atoms with Gasteiger partial charge in [-0.25, -0.2) is 9.37 Å². The first-order valence-electron chi connectivity index (χ1n) is 6.63. The summed E-state index contributed by atoms with van der Waals surface area (Å²) < 4.78 is 13.7. The van der Waals surface area contributed by atoms with Gasteiger partial charge in [0.1, 0.15) is 16.5 Å². The predicted octanol–water partition coefficient (Wildman–Crippen LogP) is 4.28. The number of carbonyl (C=O) groups is 1. The van der Waals surface area contributed by atoms with Crippen molar-refractivity contribution >= 4 is 28.6 Å². The lowest BCUT2D eigenvalue weighted by Gasteiger charge is -2.16. The van der Waals surface area contributed by atoms with Crippen LogP contribution in [-0.4, -0.2) is 22.8 Å². The Morgan fingerprint density at radius 3 is 2.77 bits per heavy atom. The second kappa shape index (κ2) is 6.37. The molecule has 3 rings (SSSR count). The zero-order valence-electron chi connectivity index (χ0n) is 11.8. The van der Waals surface area contributed by atoms with Crippen LogP contribution in [0.5, 0.6) is 0 Å². The van der Waals surface area contributed by atoms with Crippen LogP contribution in [-0.2, 0) is 6.54 Å². The van der Waals surface area contributed by atoms with E-state index in [2.05, 4.69) is 4.98 Å². The van der Waals surface area contributed by atoms with Crippen LogP contribution in [0.1, 0.15) is 16.1 Å². The summed E-state index contributed by atoms with van der Waals surface area (Å²) >= 11 is 3.03. The Balaban J connectivity index is 1.75. The monoisotopic (exact) mass is 332 g/mol. The topological polar surface area (TPSA) is 33.2 Å². The van der Waals surface area contributed by atoms with Crippen LogP contribution in [0.2, 0.25) is 0 Å². The molecule has 0 radical (unpaired) electrons. The highest BCUT2D eigenvalue weighted by molar-refractivity contribution is 7.20. The van der Waals surface area contributed by atoms with E-state index < -0.39 is 0 Å². The lowest BCUT2D eigenvalue weighted by atomic mass is 10.2. The van der Waals surface area contributed by atoms with Crippen molar-refractivity contribution in [3.8, 4) is 9.88 Å². The molecule has 0 saturated heterocycles. The van der Waals surface area contributed by atoms with Gasteiger partial charge in [-0.15, -0.1) is 22.7 Å². The fraction of sp³-hybridized carbons (Fsp3) is 0.125. The van der Waals surface area contributed by atoms with E-state index in [1.54, 1.807) is 42.0 Å². The summed E-state index contributed by atoms with van der Waals surface area (Å²) in [6.45, 7) is 0.220. The highest BCUT2D eigenvalue weighted by atomic mass is 32.1. The standard InChI is InChI=1S/C16H13FN2OS2/c1-19(9-11-5-2-3-6-12(11)17)16(20)13-10-22-15(18-13)14-7-4-8-21-14/h2-8,10H,9H2,1H3. The van der Waals surface area contributed by atoms with Crippen molar-refractivity contribution in [3.63, 3.8) is 0 Å². The Labute approximate surface area is 135 Å². The molecular formula is C16H13FN2OS2. The van der Waals surface area contributed by atoms with Gasteiger partial charge in [0.15, 0.2) is 0 Å². The first kappa shape index (κ1) is 14.9. The Morgan fingerprint density at radius 1 is 1.23 bits per heavy atom. The van der Waals surface area contributed by atoms with Crippen molar-refractivity contribution in [2.75, 3.05) is 7.05 Å². The Bertz CT molecular complexity index is 783. The largest absolute Gasteiger partial charge is 0.336 e. The third-order valence-electron chi connectivity index (χ3n) is 3.17. The minimum Gasteiger partial charge on any atom is -0.336 e. The average molecular weight is 332 g/mol. The average Bonchev–Trinajstić information content (AvgIpc) is 3.19. The van der Waals surface area contributed by atoms with Crippen molar-refractivity contribution < 1.29 is 9.18 Å². The molecule has 3 nitrogen and oxygen atoms in total. The first-order chi connectivity index (χ1) is 10.6. The Morgan fingerprint density at radius 2 is 2.05 bits per heavy atom. The van der Waals surface area contributed by atoms with Crippen LogP contribution < -0.4 is 0 Å². The summed E-state index contributed by atoms with van der Waals surface area (Å²) in [5.41, 5.74) is 0.888. The molecule has 0 bridgehead atoms. The molecule has 2 heterocycles. The molecule has 0 atom stereocenters. The number of thiophene rings is 1. The molecule has 0 fully saturated rings. The second-order valence-electron chi connectivity index (χ2n) is 4.77. The van der Waals surface area contributed by atoms with Gasteiger partial charge in [-0.05, 0) is 17.5 Å². The van der Waals surface area contributed by atoms with Crippen molar-refractivity contribution in [2.24, 2.45) is 0 Å². The Hall–Kier alpha value is -2.05. The highest BCUT2D eigenvalue weighted by Crippen LogP contribution is 2.28. The third-order valence-corrected chi connectivity index (χ3v) is 5.05. The molecule has 0 spiro atoms. The van der Waals surface area contributed by atoms with Crippen molar-refractivity contribution in [1.82, 2.24) is 9.88 Å². The number of hydrogen-bond acceptors (Lipinski definition) is 4. The van der Waals surface area contributed by atoms with Gasteiger partial charge in [0, 0.05) is 24.5 Å². The third kappa shape index (κ3) is 3.08. The van der Waals surface area contributed by atoms with Gasteiger partial charge in [-0.2, -0.15) is 0 Å². The fourth-order valence-electron chi connectivity index (χ4n) is 2.03. The number of nitrogens with zero attached hydrogens (tertiary/aromatic N) is 2. The zero-order chi connectivity index (χ0) is 15.5. The van der Waals surface area contributed by atoms with Crippen LogP contribution in [0.3, 0.4) is 0 Å². The number of aromatic nitrogens is 1. The summed E-state index contributed by atoms with van der Waals surface area (Å²) in [5.74, 6) is -0.512. The van der Waals surface area contributed by atoms with Gasteiger partial charge in [0.2, 0.25) is 0 Å². The van der Waals surface area contributed by atoms with Crippen LogP contribution >= 0.6 is 22.7 Å². The molecule has 1 aromatic carbocycles. The Kier molecular flexibility index (Phi) is 4.31. The van der Waals surface area contributed by atoms with Crippen molar-refractivity contribution in [1.29, 1.82) is 0 Å². The number of carbonyl (C=O) groups excluding carboxylic acids is 1. The molecule has 6 heteroatoms. The molecule has 0 aliphatic heterocycles. The fourth-order valence-corrected chi connectivity index (χ4v) is 3.64. The maximum Gasteiger partial charge on any atom is 0.273 e. The van der Waals surface area contributed by atoms with Crippen LogP contribution in [0.25, 0.3) is 9.88 Å². The summed E-state index contributed by atoms with van der Waals surface area (Å²) in [5, 5.41) is 4.55. The van der Waals surface area contributed by atoms with Gasteiger partial charge < -0.3 is 4.90 Å². The molecule has 0 N–H and O–H groups in total. The molecule has 0 saturated carbocycles. The summed E-state index contributed by atoms with van der Waals surface area (Å²) in [6.07, 6.45) is 0. The second-order valence-corrected chi connectivity index (χ2v) is 6.57. The van der Waals surface area contributed by atoms with Gasteiger partial charge in [-0.3, -0.25) is 4.79 Å². The summed E-state index contributed by atoms with van der Waals surface area (Å²) in [6, 6.07) is 10.4. The van der Waals surface area contributed by atoms with Gasteiger partial charge >= 0.3 is 0 Å². The molecule has 0 aliphatic carbocycles. The van der Waals surface area contributed by atoms with Crippen molar-refractivity contribution in [2.45, 2.75) is 6.54 Å². The number of amides is 1. The lowest BCUT2D eigenvalue weighted by Crippen LogP contribution is -2.26. The van der Waals surface area contributed by atoms with E-state index in [-0.39, 0.29) is 18.3 Å². The smallest absolute Gasteiger partial charge is 0.273 e. The number of halogens is 1. The summed E-state index contributed by atoms with van der Waals surface area (Å²) in [7, 11) is 1.65. The van der Waals surface area contributed by atoms with Crippen LogP contribution in [0.4, 0.5) is 4.39 Å². The first-order valence-corrected chi connectivity index (χ1v) is 8.39. The van der Waals surface area contributed by atoms with Gasteiger partial charge in [0.25, 0.3) is 5.91 Å². The molecule has 0 unspecified atom stereocenters. The van der Waals surface area contributed by atoms with E-state index in [0.717, 1.165) is 9.88 Å². The van der Waals surface area contributed by atoms with Gasteiger partial charge in [-0.1, -0.05) is 24.3 Å². The maximum absolute atomic E-state index is 13.7. The number of benzene rings is 1. The normalized spacial score (nSPS) is 10.6. The maximum atomic E-state index is 13.7. The van der Waals surface area contributed by atoms with E-state index in [4.69, 9.17) is 0 Å². The van der Waals surface area contributed by atoms with E-state index in [9.17, 15) is 9.18 Å². The van der Waals surface area contributed by atoms with Crippen molar-refractivity contribution in [3.05, 3.63) is 64.2 Å². The van der Waals surface area contributed by atoms with E-state index in [1.807, 2.05) is 17.5 Å². The predicted molar refractivity (Wildman–Crippen MR) is 87.6 cm³/mol. The molecule has 1 amide bonds.